The van der Waals surface area contributed by atoms with Crippen molar-refractivity contribution in [3.8, 4) is 0 Å². The molecular formula is C16H17N5O2S. The molecule has 8 heteroatoms. The average Bonchev–Trinajstić information content (AvgIpc) is 3.09. The van der Waals surface area contributed by atoms with E-state index in [9.17, 15) is 4.79 Å². The van der Waals surface area contributed by atoms with Crippen molar-refractivity contribution in [2.75, 3.05) is 24.3 Å². The molecule has 1 N–H and O–H groups in total. The lowest BCUT2D eigenvalue weighted by Crippen LogP contribution is -2.09. The number of aromatic nitrogens is 2. The highest BCUT2D eigenvalue weighted by molar-refractivity contribution is 7.21. The van der Waals surface area contributed by atoms with Crippen molar-refractivity contribution in [1.82, 2.24) is 10.1 Å². The zero-order valence-corrected chi connectivity index (χ0v) is 14.6. The van der Waals surface area contributed by atoms with Crippen LogP contribution < -0.4 is 10.2 Å². The number of hydrogen-bond acceptors (Lipinski definition) is 7. The Kier molecular flexibility index (Phi) is 4.30. The first-order chi connectivity index (χ1) is 11.5. The molecule has 0 atom stereocenters. The quantitative estimate of drug-likeness (QED) is 0.433. The summed E-state index contributed by atoms with van der Waals surface area (Å²) in [4.78, 5) is 23.4. The molecule has 0 bridgehead atoms. The molecule has 0 aliphatic carbocycles. The monoisotopic (exact) mass is 343 g/mol. The molecule has 0 radical (unpaired) electrons. The summed E-state index contributed by atoms with van der Waals surface area (Å²) in [7, 11) is 3.90. The number of nitrogens with one attached hydrogen (secondary N) is 1. The van der Waals surface area contributed by atoms with Gasteiger partial charge in [-0.2, -0.15) is 0 Å². The Morgan fingerprint density at radius 2 is 2.17 bits per heavy atom. The first-order valence-electron chi connectivity index (χ1n) is 7.29. The minimum absolute atomic E-state index is 0.443. The van der Waals surface area contributed by atoms with E-state index >= 15 is 0 Å². The maximum absolute atomic E-state index is 11.4. The molecule has 0 aromatic carbocycles. The van der Waals surface area contributed by atoms with Gasteiger partial charge in [0, 0.05) is 25.9 Å². The molecule has 3 rings (SSSR count). The number of aryl methyl sites for hydroxylation is 1. The number of aliphatic imine (C=N–C) groups is 1. The summed E-state index contributed by atoms with van der Waals surface area (Å²) in [6.07, 6.45) is 4.07. The molecular weight excluding hydrogens is 326 g/mol. The number of pyridine rings is 1. The number of hydrogen-bond donors (Lipinski definition) is 1. The van der Waals surface area contributed by atoms with Gasteiger partial charge < -0.3 is 14.7 Å². The summed E-state index contributed by atoms with van der Waals surface area (Å²) in [5.74, 6) is 0.443. The summed E-state index contributed by atoms with van der Waals surface area (Å²) in [5, 5.41) is 7.86. The van der Waals surface area contributed by atoms with Crippen LogP contribution in [0.3, 0.4) is 0 Å². The van der Waals surface area contributed by atoms with Crippen molar-refractivity contribution >= 4 is 51.4 Å². The molecule has 0 spiro atoms. The Hall–Kier alpha value is -2.74. The van der Waals surface area contributed by atoms with E-state index < -0.39 is 0 Å². The first kappa shape index (κ1) is 16.1. The van der Waals surface area contributed by atoms with Gasteiger partial charge in [-0.25, -0.2) is 9.98 Å². The number of thiophene rings is 1. The molecule has 7 nitrogen and oxygen atoms in total. The molecule has 0 aliphatic heterocycles. The number of anilines is 2. The van der Waals surface area contributed by atoms with Crippen molar-refractivity contribution in [2.24, 2.45) is 4.99 Å². The van der Waals surface area contributed by atoms with Gasteiger partial charge in [0.1, 0.15) is 4.83 Å². The Balaban J connectivity index is 2.02. The Labute approximate surface area is 143 Å². The maximum atomic E-state index is 11.4. The number of aldehydes is 1. The van der Waals surface area contributed by atoms with E-state index in [1.54, 1.807) is 6.20 Å². The van der Waals surface area contributed by atoms with Gasteiger partial charge in [-0.05, 0) is 19.9 Å². The predicted octanol–water partition coefficient (Wildman–Crippen LogP) is 3.55. The molecule has 3 aromatic heterocycles. The standard InChI is InChI=1S/C16H17N5O2S/c1-9-10(2)20-23-15(9)19-8-18-14-12(7-22)24-16-13(14)11(21(3)4)5-6-17-16/h5-8H,1-4H3,(H,18,19). The average molecular weight is 343 g/mol. The van der Waals surface area contributed by atoms with Crippen molar-refractivity contribution < 1.29 is 9.32 Å². The summed E-state index contributed by atoms with van der Waals surface area (Å²) in [5.41, 5.74) is 3.36. The van der Waals surface area contributed by atoms with Gasteiger partial charge in [0.05, 0.1) is 33.7 Å². The third-order valence-electron chi connectivity index (χ3n) is 3.71. The molecule has 24 heavy (non-hydrogen) atoms. The van der Waals surface area contributed by atoms with Crippen molar-refractivity contribution in [2.45, 2.75) is 13.8 Å². The zero-order chi connectivity index (χ0) is 17.3. The second-order valence-electron chi connectivity index (χ2n) is 5.46. The van der Waals surface area contributed by atoms with E-state index in [-0.39, 0.29) is 0 Å². The van der Waals surface area contributed by atoms with Crippen LogP contribution in [0.15, 0.2) is 21.8 Å². The van der Waals surface area contributed by atoms with Gasteiger partial charge in [-0.3, -0.25) is 4.79 Å². The molecule has 3 aromatic rings. The lowest BCUT2D eigenvalue weighted by Gasteiger charge is -2.14. The smallest absolute Gasteiger partial charge is 0.254 e. The molecule has 0 aliphatic rings. The van der Waals surface area contributed by atoms with Crippen molar-refractivity contribution in [1.29, 1.82) is 0 Å². The van der Waals surface area contributed by atoms with Crippen LogP contribution in [0.25, 0.3) is 10.2 Å². The minimum atomic E-state index is 0.443. The fourth-order valence-corrected chi connectivity index (χ4v) is 3.24. The zero-order valence-electron chi connectivity index (χ0n) is 13.8. The highest BCUT2D eigenvalue weighted by Gasteiger charge is 2.16. The van der Waals surface area contributed by atoms with Crippen LogP contribution in [0.5, 0.6) is 0 Å². The van der Waals surface area contributed by atoms with E-state index in [4.69, 9.17) is 4.52 Å². The van der Waals surface area contributed by atoms with Gasteiger partial charge in [0.25, 0.3) is 5.88 Å². The molecule has 0 saturated heterocycles. The number of fused-ring (bicyclic) bond motifs is 1. The molecule has 0 saturated carbocycles. The highest BCUT2D eigenvalue weighted by Crippen LogP contribution is 2.38. The highest BCUT2D eigenvalue weighted by atomic mass is 32.1. The van der Waals surface area contributed by atoms with E-state index in [0.717, 1.165) is 33.4 Å². The van der Waals surface area contributed by atoms with E-state index in [2.05, 4.69) is 20.4 Å². The Morgan fingerprint density at radius 1 is 1.38 bits per heavy atom. The van der Waals surface area contributed by atoms with Crippen LogP contribution in [0.2, 0.25) is 0 Å². The fourth-order valence-electron chi connectivity index (χ4n) is 2.30. The number of carbonyl (C=O) groups is 1. The lowest BCUT2D eigenvalue weighted by atomic mass is 10.2. The maximum Gasteiger partial charge on any atom is 0.254 e. The first-order valence-corrected chi connectivity index (χ1v) is 8.10. The number of rotatable bonds is 5. The second-order valence-corrected chi connectivity index (χ2v) is 6.50. The number of carbonyl (C=O) groups excluding carboxylic acids is 1. The summed E-state index contributed by atoms with van der Waals surface area (Å²) >= 11 is 1.34. The summed E-state index contributed by atoms with van der Waals surface area (Å²) in [6.45, 7) is 3.75. The topological polar surface area (TPSA) is 83.6 Å². The molecule has 0 amide bonds. The summed E-state index contributed by atoms with van der Waals surface area (Å²) in [6, 6.07) is 1.91. The molecule has 0 unspecified atom stereocenters. The second kappa shape index (κ2) is 6.40. The summed E-state index contributed by atoms with van der Waals surface area (Å²) < 4.78 is 5.15. The molecule has 0 fully saturated rings. The minimum Gasteiger partial charge on any atom is -0.377 e. The van der Waals surface area contributed by atoms with Crippen LogP contribution in [0, 0.1) is 13.8 Å². The Bertz CT molecular complexity index is 926. The van der Waals surface area contributed by atoms with E-state index in [1.807, 2.05) is 38.9 Å². The normalized spacial score (nSPS) is 11.3. The van der Waals surface area contributed by atoms with Gasteiger partial charge >= 0.3 is 0 Å². The third-order valence-corrected chi connectivity index (χ3v) is 4.73. The predicted molar refractivity (Wildman–Crippen MR) is 97.1 cm³/mol. The van der Waals surface area contributed by atoms with Gasteiger partial charge in [-0.1, -0.05) is 5.16 Å². The van der Waals surface area contributed by atoms with E-state index in [1.165, 1.54) is 17.7 Å². The largest absolute Gasteiger partial charge is 0.377 e. The molecule has 3 heterocycles. The third kappa shape index (κ3) is 2.76. The van der Waals surface area contributed by atoms with Crippen LogP contribution in [-0.4, -0.2) is 36.9 Å². The van der Waals surface area contributed by atoms with Crippen LogP contribution in [0.4, 0.5) is 17.3 Å². The van der Waals surface area contributed by atoms with Crippen molar-refractivity contribution in [3.05, 3.63) is 28.4 Å². The SMILES string of the molecule is Cc1noc(/N=C/Nc2c(C=O)sc3nccc(N(C)C)c23)c1C. The fraction of sp³-hybridized carbons (Fsp3) is 0.250. The van der Waals surface area contributed by atoms with Gasteiger partial charge in [0.15, 0.2) is 6.29 Å². The van der Waals surface area contributed by atoms with Gasteiger partial charge in [-0.15, -0.1) is 11.3 Å². The van der Waals surface area contributed by atoms with Crippen LogP contribution >= 0.6 is 11.3 Å². The van der Waals surface area contributed by atoms with E-state index in [0.29, 0.717) is 16.4 Å². The lowest BCUT2D eigenvalue weighted by molar-refractivity contribution is 0.112. The number of nitrogens with zero attached hydrogens (tertiary/aromatic N) is 4. The van der Waals surface area contributed by atoms with Crippen LogP contribution in [-0.2, 0) is 0 Å². The Morgan fingerprint density at radius 3 is 2.79 bits per heavy atom. The van der Waals surface area contributed by atoms with Crippen molar-refractivity contribution in [3.63, 3.8) is 0 Å². The molecule has 124 valence electrons. The van der Waals surface area contributed by atoms with Gasteiger partial charge in [0.2, 0.25) is 0 Å². The van der Waals surface area contributed by atoms with Crippen LogP contribution in [0.1, 0.15) is 20.9 Å².